The molecule has 100 valence electrons. The van der Waals surface area contributed by atoms with Crippen LogP contribution in [0.3, 0.4) is 0 Å². The van der Waals surface area contributed by atoms with Crippen LogP contribution < -0.4 is 5.32 Å². The summed E-state index contributed by atoms with van der Waals surface area (Å²) < 4.78 is 0. The molecule has 1 aliphatic carbocycles. The maximum absolute atomic E-state index is 9.80. The predicted molar refractivity (Wildman–Crippen MR) is 71.2 cm³/mol. The van der Waals surface area contributed by atoms with Gasteiger partial charge in [0.15, 0.2) is 0 Å². The van der Waals surface area contributed by atoms with Gasteiger partial charge in [-0.2, -0.15) is 0 Å². The molecule has 17 heavy (non-hydrogen) atoms. The summed E-state index contributed by atoms with van der Waals surface area (Å²) in [6.07, 6.45) is 8.79. The number of aliphatic hydroxyl groups is 1. The summed E-state index contributed by atoms with van der Waals surface area (Å²) in [7, 11) is 0. The van der Waals surface area contributed by atoms with Gasteiger partial charge in [0.2, 0.25) is 0 Å². The Balaban J connectivity index is 1.92. The summed E-state index contributed by atoms with van der Waals surface area (Å²) in [5, 5.41) is 13.6. The molecule has 0 aromatic heterocycles. The Morgan fingerprint density at radius 3 is 2.59 bits per heavy atom. The quantitative estimate of drug-likeness (QED) is 0.786. The molecule has 0 aromatic rings. The first-order valence-electron chi connectivity index (χ1n) is 7.39. The Kier molecular flexibility index (Phi) is 4.83. The molecule has 1 heterocycles. The summed E-state index contributed by atoms with van der Waals surface area (Å²) in [6.45, 7) is 6.02. The second-order valence-electron chi connectivity index (χ2n) is 5.85. The average Bonchev–Trinajstić information content (AvgIpc) is 2.76. The fourth-order valence-electron chi connectivity index (χ4n) is 3.42. The minimum absolute atomic E-state index is 0.0128. The molecule has 2 fully saturated rings. The van der Waals surface area contributed by atoms with Crippen molar-refractivity contribution in [1.82, 2.24) is 10.2 Å². The third-order valence-corrected chi connectivity index (χ3v) is 4.65. The molecule has 0 bridgehead atoms. The Hall–Kier alpha value is -0.120. The number of hydrogen-bond donors (Lipinski definition) is 2. The molecule has 1 aliphatic heterocycles. The highest BCUT2D eigenvalue weighted by molar-refractivity contribution is 4.94. The Labute approximate surface area is 106 Å². The zero-order valence-corrected chi connectivity index (χ0v) is 11.2. The van der Waals surface area contributed by atoms with E-state index in [0.29, 0.717) is 12.6 Å². The van der Waals surface area contributed by atoms with Crippen molar-refractivity contribution in [2.45, 2.75) is 63.5 Å². The van der Waals surface area contributed by atoms with Gasteiger partial charge in [-0.15, -0.1) is 0 Å². The number of likely N-dealkylation sites (tertiary alicyclic amines) is 1. The lowest BCUT2D eigenvalue weighted by molar-refractivity contribution is 0.130. The average molecular weight is 240 g/mol. The van der Waals surface area contributed by atoms with Gasteiger partial charge in [-0.25, -0.2) is 0 Å². The highest BCUT2D eigenvalue weighted by Gasteiger charge is 2.34. The van der Waals surface area contributed by atoms with E-state index in [0.717, 1.165) is 25.9 Å². The van der Waals surface area contributed by atoms with Gasteiger partial charge >= 0.3 is 0 Å². The molecule has 0 spiro atoms. The summed E-state index contributed by atoms with van der Waals surface area (Å²) in [4.78, 5) is 2.51. The maximum atomic E-state index is 9.80. The van der Waals surface area contributed by atoms with Crippen LogP contribution in [0.25, 0.3) is 0 Å². The van der Waals surface area contributed by atoms with Gasteiger partial charge in [0, 0.05) is 11.6 Å². The van der Waals surface area contributed by atoms with Gasteiger partial charge in [0.1, 0.15) is 0 Å². The second-order valence-corrected chi connectivity index (χ2v) is 5.85. The van der Waals surface area contributed by atoms with Crippen LogP contribution >= 0.6 is 0 Å². The summed E-state index contributed by atoms with van der Waals surface area (Å²) in [5.74, 6) is 0. The molecule has 1 atom stereocenters. The lowest BCUT2D eigenvalue weighted by atomic mass is 9.90. The van der Waals surface area contributed by atoms with E-state index in [1.807, 2.05) is 0 Å². The molecule has 3 heteroatoms. The molecular formula is C14H28N2O. The first-order valence-corrected chi connectivity index (χ1v) is 7.39. The van der Waals surface area contributed by atoms with Gasteiger partial charge in [0.25, 0.3) is 0 Å². The Morgan fingerprint density at radius 1 is 1.18 bits per heavy atom. The minimum Gasteiger partial charge on any atom is -0.394 e. The molecule has 0 amide bonds. The SMILES string of the molecule is CCN1CCCC(CO)(NC2CCCC2)CC1. The van der Waals surface area contributed by atoms with E-state index in [1.54, 1.807) is 0 Å². The summed E-state index contributed by atoms with van der Waals surface area (Å²) >= 11 is 0. The Bertz CT molecular complexity index is 228. The van der Waals surface area contributed by atoms with E-state index < -0.39 is 0 Å². The number of hydrogen-bond acceptors (Lipinski definition) is 3. The van der Waals surface area contributed by atoms with Crippen molar-refractivity contribution in [2.24, 2.45) is 0 Å². The van der Waals surface area contributed by atoms with Crippen LogP contribution in [0.5, 0.6) is 0 Å². The van der Waals surface area contributed by atoms with Crippen LogP contribution in [0.4, 0.5) is 0 Å². The highest BCUT2D eigenvalue weighted by Crippen LogP contribution is 2.27. The number of nitrogens with one attached hydrogen (secondary N) is 1. The van der Waals surface area contributed by atoms with Crippen molar-refractivity contribution >= 4 is 0 Å². The third kappa shape index (κ3) is 3.43. The van der Waals surface area contributed by atoms with Crippen LogP contribution in [0, 0.1) is 0 Å². The molecule has 2 rings (SSSR count). The third-order valence-electron chi connectivity index (χ3n) is 4.65. The minimum atomic E-state index is 0.0128. The van der Waals surface area contributed by atoms with Crippen LogP contribution in [0.15, 0.2) is 0 Å². The standard InChI is InChI=1S/C14H28N2O/c1-2-16-10-5-8-14(12-17,9-11-16)15-13-6-3-4-7-13/h13,15,17H,2-12H2,1H3. The van der Waals surface area contributed by atoms with Gasteiger partial charge in [0.05, 0.1) is 6.61 Å². The zero-order valence-electron chi connectivity index (χ0n) is 11.2. The first-order chi connectivity index (χ1) is 8.28. The molecule has 0 aromatic carbocycles. The molecule has 2 N–H and O–H groups in total. The Morgan fingerprint density at radius 2 is 1.94 bits per heavy atom. The molecule has 1 saturated heterocycles. The van der Waals surface area contributed by atoms with Crippen molar-refractivity contribution in [3.8, 4) is 0 Å². The molecule has 2 aliphatic rings. The molecule has 1 unspecified atom stereocenters. The van der Waals surface area contributed by atoms with Gasteiger partial charge in [-0.3, -0.25) is 0 Å². The first kappa shape index (κ1) is 13.3. The monoisotopic (exact) mass is 240 g/mol. The van der Waals surface area contributed by atoms with Crippen molar-refractivity contribution in [3.05, 3.63) is 0 Å². The van der Waals surface area contributed by atoms with Crippen molar-refractivity contribution < 1.29 is 5.11 Å². The largest absolute Gasteiger partial charge is 0.394 e. The molecule has 1 saturated carbocycles. The van der Waals surface area contributed by atoms with Gasteiger partial charge in [-0.05, 0) is 51.7 Å². The lowest BCUT2D eigenvalue weighted by Crippen LogP contribution is -2.52. The van der Waals surface area contributed by atoms with Crippen LogP contribution in [-0.4, -0.2) is 47.8 Å². The fourth-order valence-corrected chi connectivity index (χ4v) is 3.42. The van der Waals surface area contributed by atoms with E-state index >= 15 is 0 Å². The van der Waals surface area contributed by atoms with E-state index in [2.05, 4.69) is 17.1 Å². The van der Waals surface area contributed by atoms with Gasteiger partial charge < -0.3 is 15.3 Å². The summed E-state index contributed by atoms with van der Waals surface area (Å²) in [6, 6.07) is 0.662. The highest BCUT2D eigenvalue weighted by atomic mass is 16.3. The van der Waals surface area contributed by atoms with E-state index in [9.17, 15) is 5.11 Å². The maximum Gasteiger partial charge on any atom is 0.0613 e. The van der Waals surface area contributed by atoms with Crippen LogP contribution in [0.2, 0.25) is 0 Å². The van der Waals surface area contributed by atoms with Crippen LogP contribution in [0.1, 0.15) is 51.9 Å². The molecule has 0 radical (unpaired) electrons. The second kappa shape index (κ2) is 6.17. The van der Waals surface area contributed by atoms with Gasteiger partial charge in [-0.1, -0.05) is 19.8 Å². The lowest BCUT2D eigenvalue weighted by Gasteiger charge is -2.35. The number of nitrogens with zero attached hydrogens (tertiary/aromatic N) is 1. The molecular weight excluding hydrogens is 212 g/mol. The van der Waals surface area contributed by atoms with Crippen molar-refractivity contribution in [1.29, 1.82) is 0 Å². The predicted octanol–water partition coefficient (Wildman–Crippen LogP) is 1.76. The normalized spacial score (nSPS) is 32.8. The van der Waals surface area contributed by atoms with Crippen molar-refractivity contribution in [2.75, 3.05) is 26.2 Å². The van der Waals surface area contributed by atoms with Crippen LogP contribution in [-0.2, 0) is 0 Å². The fraction of sp³-hybridized carbons (Fsp3) is 1.00. The van der Waals surface area contributed by atoms with E-state index in [1.165, 1.54) is 38.6 Å². The van der Waals surface area contributed by atoms with E-state index in [4.69, 9.17) is 0 Å². The smallest absolute Gasteiger partial charge is 0.0613 e. The van der Waals surface area contributed by atoms with Crippen molar-refractivity contribution in [3.63, 3.8) is 0 Å². The number of aliphatic hydroxyl groups excluding tert-OH is 1. The topological polar surface area (TPSA) is 35.5 Å². The van der Waals surface area contributed by atoms with E-state index in [-0.39, 0.29) is 5.54 Å². The molecule has 3 nitrogen and oxygen atoms in total. The summed E-state index contributed by atoms with van der Waals surface area (Å²) in [5.41, 5.74) is 0.0128. The zero-order chi connectivity index (χ0) is 12.1. The number of rotatable bonds is 4.